The van der Waals surface area contributed by atoms with Gasteiger partial charge in [-0.15, -0.1) is 0 Å². The minimum Gasteiger partial charge on any atom is -0.381 e. The van der Waals surface area contributed by atoms with Crippen molar-refractivity contribution in [1.29, 1.82) is 0 Å². The van der Waals surface area contributed by atoms with Gasteiger partial charge in [0.25, 0.3) is 0 Å². The summed E-state index contributed by atoms with van der Waals surface area (Å²) in [6.45, 7) is 6.71. The van der Waals surface area contributed by atoms with Gasteiger partial charge in [-0.3, -0.25) is 4.79 Å². The Balaban J connectivity index is 0.000000128. The van der Waals surface area contributed by atoms with E-state index in [1.165, 1.54) is 6.42 Å². The van der Waals surface area contributed by atoms with E-state index in [0.717, 1.165) is 19.8 Å². The summed E-state index contributed by atoms with van der Waals surface area (Å²) in [5, 5.41) is 2.66. The van der Waals surface area contributed by atoms with Crippen molar-refractivity contribution < 1.29 is 9.53 Å². The molecule has 3 heteroatoms. The van der Waals surface area contributed by atoms with Gasteiger partial charge in [0.1, 0.15) is 0 Å². The van der Waals surface area contributed by atoms with Crippen molar-refractivity contribution in [2.75, 3.05) is 19.8 Å². The second-order valence-electron chi connectivity index (χ2n) is 3.53. The zero-order chi connectivity index (χ0) is 8.32. The molecule has 3 nitrogen and oxygen atoms in total. The molecule has 1 amide bonds. The van der Waals surface area contributed by atoms with E-state index in [4.69, 9.17) is 4.74 Å². The molecule has 0 aromatic heterocycles. The third kappa shape index (κ3) is 2.19. The number of β-lactam (4-membered cyclic amide) rings is 1. The first-order chi connectivity index (χ1) is 5.13. The Kier molecular flexibility index (Phi) is 2.49. The van der Waals surface area contributed by atoms with Crippen LogP contribution >= 0.6 is 0 Å². The van der Waals surface area contributed by atoms with Gasteiger partial charge in [-0.1, -0.05) is 0 Å². The van der Waals surface area contributed by atoms with E-state index in [-0.39, 0.29) is 11.3 Å². The highest BCUT2D eigenvalue weighted by atomic mass is 16.5. The second kappa shape index (κ2) is 3.22. The Hall–Kier alpha value is -0.570. The van der Waals surface area contributed by atoms with Gasteiger partial charge in [-0.25, -0.2) is 0 Å². The molecule has 0 atom stereocenters. The molecule has 0 radical (unpaired) electrons. The Morgan fingerprint density at radius 3 is 1.82 bits per heavy atom. The molecule has 2 aliphatic rings. The van der Waals surface area contributed by atoms with E-state index in [1.807, 2.05) is 13.8 Å². The molecule has 2 fully saturated rings. The van der Waals surface area contributed by atoms with Crippen molar-refractivity contribution in [3.63, 3.8) is 0 Å². The lowest BCUT2D eigenvalue weighted by Crippen LogP contribution is -2.55. The van der Waals surface area contributed by atoms with Gasteiger partial charge < -0.3 is 10.1 Å². The molecule has 0 bridgehead atoms. The fourth-order valence-electron chi connectivity index (χ4n) is 0.658. The monoisotopic (exact) mass is 157 g/mol. The highest BCUT2D eigenvalue weighted by Gasteiger charge is 2.35. The molecular weight excluding hydrogens is 142 g/mol. The van der Waals surface area contributed by atoms with Crippen LogP contribution in [0.1, 0.15) is 20.3 Å². The molecule has 1 N–H and O–H groups in total. The number of rotatable bonds is 0. The number of amides is 1. The van der Waals surface area contributed by atoms with Gasteiger partial charge in [-0.2, -0.15) is 0 Å². The van der Waals surface area contributed by atoms with Gasteiger partial charge in [0.2, 0.25) is 5.91 Å². The Bertz CT molecular complexity index is 146. The summed E-state index contributed by atoms with van der Waals surface area (Å²) in [7, 11) is 0. The smallest absolute Gasteiger partial charge is 0.227 e. The Morgan fingerprint density at radius 2 is 1.82 bits per heavy atom. The van der Waals surface area contributed by atoms with Crippen LogP contribution in [0.25, 0.3) is 0 Å². The van der Waals surface area contributed by atoms with Crippen molar-refractivity contribution in [3.05, 3.63) is 0 Å². The van der Waals surface area contributed by atoms with Crippen LogP contribution in [0.3, 0.4) is 0 Å². The lowest BCUT2D eigenvalue weighted by atomic mass is 9.86. The van der Waals surface area contributed by atoms with E-state index < -0.39 is 0 Å². The van der Waals surface area contributed by atoms with Crippen LogP contribution in [0.2, 0.25) is 0 Å². The number of carbonyl (C=O) groups is 1. The lowest BCUT2D eigenvalue weighted by Gasteiger charge is -2.33. The van der Waals surface area contributed by atoms with E-state index in [1.54, 1.807) is 0 Å². The molecule has 2 heterocycles. The van der Waals surface area contributed by atoms with Crippen molar-refractivity contribution in [2.24, 2.45) is 5.41 Å². The van der Waals surface area contributed by atoms with Crippen molar-refractivity contribution in [3.8, 4) is 0 Å². The SMILES string of the molecule is C1COC1.CC1(C)CNC1=O. The molecule has 2 rings (SSSR count). The maximum Gasteiger partial charge on any atom is 0.227 e. The summed E-state index contributed by atoms with van der Waals surface area (Å²) in [5.41, 5.74) is -0.0694. The number of hydrogen-bond acceptors (Lipinski definition) is 2. The van der Waals surface area contributed by atoms with Crippen LogP contribution in [0.4, 0.5) is 0 Å². The van der Waals surface area contributed by atoms with Crippen LogP contribution < -0.4 is 5.32 Å². The minimum absolute atomic E-state index is 0.0694. The number of ether oxygens (including phenoxy) is 1. The molecule has 0 aromatic rings. The fraction of sp³-hybridized carbons (Fsp3) is 0.875. The summed E-state index contributed by atoms with van der Waals surface area (Å²) in [6, 6.07) is 0. The van der Waals surface area contributed by atoms with Gasteiger partial charge in [0.15, 0.2) is 0 Å². The first-order valence-corrected chi connectivity index (χ1v) is 3.99. The molecule has 64 valence electrons. The maximum atomic E-state index is 10.4. The number of nitrogens with one attached hydrogen (secondary N) is 1. The van der Waals surface area contributed by atoms with Crippen LogP contribution in [0, 0.1) is 5.41 Å². The first kappa shape index (κ1) is 8.53. The molecule has 0 unspecified atom stereocenters. The molecule has 11 heavy (non-hydrogen) atoms. The van der Waals surface area contributed by atoms with Crippen LogP contribution in [-0.2, 0) is 9.53 Å². The largest absolute Gasteiger partial charge is 0.381 e. The minimum atomic E-state index is -0.0694. The molecular formula is C8H15NO2. The van der Waals surface area contributed by atoms with E-state index in [2.05, 4.69) is 5.32 Å². The zero-order valence-corrected chi connectivity index (χ0v) is 7.14. The summed E-state index contributed by atoms with van der Waals surface area (Å²) in [5.74, 6) is 0.174. The quantitative estimate of drug-likeness (QED) is 0.521. The summed E-state index contributed by atoms with van der Waals surface area (Å²) in [6.07, 6.45) is 1.28. The molecule has 0 spiro atoms. The highest BCUT2D eigenvalue weighted by molar-refractivity contribution is 5.87. The molecule has 0 aliphatic carbocycles. The predicted octanol–water partition coefficient (Wildman–Crippen LogP) is 0.549. The van der Waals surface area contributed by atoms with Crippen LogP contribution in [0.5, 0.6) is 0 Å². The average Bonchev–Trinajstić information content (AvgIpc) is 1.81. The van der Waals surface area contributed by atoms with E-state index >= 15 is 0 Å². The number of hydrogen-bond donors (Lipinski definition) is 1. The highest BCUT2D eigenvalue weighted by Crippen LogP contribution is 2.20. The summed E-state index contributed by atoms with van der Waals surface area (Å²) >= 11 is 0. The fourth-order valence-corrected chi connectivity index (χ4v) is 0.658. The first-order valence-electron chi connectivity index (χ1n) is 3.99. The van der Waals surface area contributed by atoms with Gasteiger partial charge >= 0.3 is 0 Å². The predicted molar refractivity (Wildman–Crippen MR) is 42.2 cm³/mol. The molecule has 0 aromatic carbocycles. The summed E-state index contributed by atoms with van der Waals surface area (Å²) < 4.78 is 4.72. The van der Waals surface area contributed by atoms with Crippen molar-refractivity contribution in [2.45, 2.75) is 20.3 Å². The number of carbonyl (C=O) groups excluding carboxylic acids is 1. The third-order valence-corrected chi connectivity index (χ3v) is 1.88. The van der Waals surface area contributed by atoms with E-state index in [9.17, 15) is 4.79 Å². The average molecular weight is 157 g/mol. The summed E-state index contributed by atoms with van der Waals surface area (Å²) in [4.78, 5) is 10.4. The topological polar surface area (TPSA) is 38.3 Å². The Morgan fingerprint density at radius 1 is 1.45 bits per heavy atom. The standard InChI is InChI=1S/C5H9NO.C3H6O/c1-5(2)3-6-4(5)7;1-2-4-3-1/h3H2,1-2H3,(H,6,7);1-3H2. The van der Waals surface area contributed by atoms with Gasteiger partial charge in [-0.05, 0) is 20.3 Å². The lowest BCUT2D eigenvalue weighted by molar-refractivity contribution is -0.137. The second-order valence-corrected chi connectivity index (χ2v) is 3.53. The molecule has 0 saturated carbocycles. The zero-order valence-electron chi connectivity index (χ0n) is 7.14. The van der Waals surface area contributed by atoms with Gasteiger partial charge in [0.05, 0.1) is 5.41 Å². The third-order valence-electron chi connectivity index (χ3n) is 1.88. The van der Waals surface area contributed by atoms with Crippen LogP contribution in [-0.4, -0.2) is 25.7 Å². The molecule has 2 saturated heterocycles. The van der Waals surface area contributed by atoms with Gasteiger partial charge in [0, 0.05) is 19.8 Å². The molecule has 2 aliphatic heterocycles. The van der Waals surface area contributed by atoms with Crippen LogP contribution in [0.15, 0.2) is 0 Å². The maximum absolute atomic E-state index is 10.4. The van der Waals surface area contributed by atoms with Crippen molar-refractivity contribution >= 4 is 5.91 Å². The normalized spacial score (nSPS) is 25.1. The van der Waals surface area contributed by atoms with Crippen molar-refractivity contribution in [1.82, 2.24) is 5.32 Å². The Labute approximate surface area is 67.1 Å². The van der Waals surface area contributed by atoms with E-state index in [0.29, 0.717) is 0 Å².